The summed E-state index contributed by atoms with van der Waals surface area (Å²) in [7, 11) is -0.163. The van der Waals surface area contributed by atoms with Crippen LogP contribution in [0.1, 0.15) is 24.9 Å². The van der Waals surface area contributed by atoms with Gasteiger partial charge in [0, 0.05) is 26.1 Å². The predicted molar refractivity (Wildman–Crippen MR) is 74.0 cm³/mol. The van der Waals surface area contributed by atoms with Crippen molar-refractivity contribution in [1.29, 1.82) is 5.26 Å². The van der Waals surface area contributed by atoms with Gasteiger partial charge in [0.1, 0.15) is 0 Å². The highest BCUT2D eigenvalue weighted by Crippen LogP contribution is 2.18. The molecule has 0 heterocycles. The van der Waals surface area contributed by atoms with E-state index in [1.54, 1.807) is 24.3 Å². The molecule has 1 atom stereocenters. The zero-order valence-electron chi connectivity index (χ0n) is 11.4. The molecule has 0 fully saturated rings. The zero-order chi connectivity index (χ0) is 14.5. The Labute approximate surface area is 114 Å². The van der Waals surface area contributed by atoms with Crippen LogP contribution in [0.3, 0.4) is 0 Å². The molecule has 104 valence electrons. The standard InChI is InChI=1S/C13H19N3O2S/c1-11(15-2)12-5-7-13(8-6-12)19(17,18)16(3)10-4-9-14/h5-8,11,15H,4,10H2,1-3H3. The maximum absolute atomic E-state index is 12.2. The van der Waals surface area contributed by atoms with E-state index in [0.29, 0.717) is 0 Å². The second-order valence-electron chi connectivity index (χ2n) is 4.31. The minimum Gasteiger partial charge on any atom is -0.313 e. The smallest absolute Gasteiger partial charge is 0.242 e. The first kappa shape index (κ1) is 15.6. The summed E-state index contributed by atoms with van der Waals surface area (Å²) in [5.41, 5.74) is 1.03. The van der Waals surface area contributed by atoms with E-state index < -0.39 is 10.0 Å². The third-order valence-electron chi connectivity index (χ3n) is 3.06. The lowest BCUT2D eigenvalue weighted by atomic mass is 10.1. The molecular formula is C13H19N3O2S. The van der Waals surface area contributed by atoms with Crippen molar-refractivity contribution < 1.29 is 8.42 Å². The van der Waals surface area contributed by atoms with E-state index in [0.717, 1.165) is 5.56 Å². The van der Waals surface area contributed by atoms with Crippen LogP contribution >= 0.6 is 0 Å². The first-order chi connectivity index (χ1) is 8.93. The summed E-state index contributed by atoms with van der Waals surface area (Å²) in [5, 5.41) is 11.6. The molecule has 1 rings (SSSR count). The Kier molecular flexibility index (Phi) is 5.48. The molecule has 0 amide bonds. The second kappa shape index (κ2) is 6.66. The van der Waals surface area contributed by atoms with Gasteiger partial charge in [-0.05, 0) is 31.7 Å². The van der Waals surface area contributed by atoms with Gasteiger partial charge in [-0.25, -0.2) is 8.42 Å². The molecule has 0 saturated carbocycles. The average molecular weight is 281 g/mol. The quantitative estimate of drug-likeness (QED) is 0.857. The van der Waals surface area contributed by atoms with Crippen LogP contribution in [0.2, 0.25) is 0 Å². The zero-order valence-corrected chi connectivity index (χ0v) is 12.2. The molecule has 6 heteroatoms. The normalized spacial score (nSPS) is 13.2. The topological polar surface area (TPSA) is 73.2 Å². The molecule has 1 aromatic carbocycles. The van der Waals surface area contributed by atoms with Gasteiger partial charge < -0.3 is 5.32 Å². The minimum atomic E-state index is -3.50. The summed E-state index contributed by atoms with van der Waals surface area (Å²) in [6.45, 7) is 2.20. The van der Waals surface area contributed by atoms with Crippen LogP contribution in [0.5, 0.6) is 0 Å². The summed E-state index contributed by atoms with van der Waals surface area (Å²) < 4.78 is 25.6. The van der Waals surface area contributed by atoms with Crippen molar-refractivity contribution in [2.24, 2.45) is 0 Å². The predicted octanol–water partition coefficient (Wildman–Crippen LogP) is 1.50. The minimum absolute atomic E-state index is 0.174. The van der Waals surface area contributed by atoms with E-state index >= 15 is 0 Å². The monoisotopic (exact) mass is 281 g/mol. The van der Waals surface area contributed by atoms with E-state index in [-0.39, 0.29) is 23.9 Å². The van der Waals surface area contributed by atoms with Gasteiger partial charge in [0.2, 0.25) is 10.0 Å². The fourth-order valence-electron chi connectivity index (χ4n) is 1.60. The summed E-state index contributed by atoms with van der Waals surface area (Å²) in [5.74, 6) is 0. The third kappa shape index (κ3) is 3.77. The van der Waals surface area contributed by atoms with Crippen molar-refractivity contribution in [2.75, 3.05) is 20.6 Å². The number of nitrogens with zero attached hydrogens (tertiary/aromatic N) is 2. The van der Waals surface area contributed by atoms with Crippen molar-refractivity contribution >= 4 is 10.0 Å². The summed E-state index contributed by atoms with van der Waals surface area (Å²) in [6, 6.07) is 8.91. The van der Waals surface area contributed by atoms with Crippen LogP contribution < -0.4 is 5.32 Å². The SMILES string of the molecule is CNC(C)c1ccc(S(=O)(=O)N(C)CCC#N)cc1. The van der Waals surface area contributed by atoms with E-state index in [2.05, 4.69) is 5.32 Å². The van der Waals surface area contributed by atoms with E-state index in [9.17, 15) is 8.42 Å². The first-order valence-electron chi connectivity index (χ1n) is 6.04. The number of hydrogen-bond donors (Lipinski definition) is 1. The van der Waals surface area contributed by atoms with Crippen LogP contribution in [-0.4, -0.2) is 33.4 Å². The number of nitriles is 1. The number of hydrogen-bond acceptors (Lipinski definition) is 4. The highest BCUT2D eigenvalue weighted by molar-refractivity contribution is 7.89. The highest BCUT2D eigenvalue weighted by Gasteiger charge is 2.20. The van der Waals surface area contributed by atoms with Gasteiger partial charge in [0.25, 0.3) is 0 Å². The Balaban J connectivity index is 2.94. The molecule has 1 aromatic rings. The van der Waals surface area contributed by atoms with Gasteiger partial charge in [0.15, 0.2) is 0 Å². The molecule has 0 aliphatic carbocycles. The maximum atomic E-state index is 12.2. The maximum Gasteiger partial charge on any atom is 0.242 e. The van der Waals surface area contributed by atoms with Gasteiger partial charge in [-0.3, -0.25) is 0 Å². The first-order valence-corrected chi connectivity index (χ1v) is 7.48. The number of rotatable bonds is 6. The number of nitrogens with one attached hydrogen (secondary N) is 1. The fourth-order valence-corrected chi connectivity index (χ4v) is 2.77. The van der Waals surface area contributed by atoms with Gasteiger partial charge >= 0.3 is 0 Å². The third-order valence-corrected chi connectivity index (χ3v) is 4.93. The van der Waals surface area contributed by atoms with E-state index in [1.165, 1.54) is 11.4 Å². The molecule has 1 unspecified atom stereocenters. The molecule has 0 aromatic heterocycles. The number of benzene rings is 1. The highest BCUT2D eigenvalue weighted by atomic mass is 32.2. The van der Waals surface area contributed by atoms with Crippen LogP contribution in [0, 0.1) is 11.3 Å². The van der Waals surface area contributed by atoms with Crippen LogP contribution in [0.25, 0.3) is 0 Å². The lowest BCUT2D eigenvalue weighted by Gasteiger charge is -2.16. The lowest BCUT2D eigenvalue weighted by molar-refractivity contribution is 0.476. The second-order valence-corrected chi connectivity index (χ2v) is 6.36. The molecule has 0 spiro atoms. The Morgan fingerprint density at radius 3 is 2.42 bits per heavy atom. The molecule has 5 nitrogen and oxygen atoms in total. The molecule has 19 heavy (non-hydrogen) atoms. The van der Waals surface area contributed by atoms with Crippen molar-refractivity contribution in [3.05, 3.63) is 29.8 Å². The van der Waals surface area contributed by atoms with Gasteiger partial charge in [-0.1, -0.05) is 12.1 Å². The lowest BCUT2D eigenvalue weighted by Crippen LogP contribution is -2.27. The van der Waals surface area contributed by atoms with Crippen molar-refractivity contribution in [3.8, 4) is 6.07 Å². The Morgan fingerprint density at radius 1 is 1.37 bits per heavy atom. The van der Waals surface area contributed by atoms with Gasteiger partial charge in [0.05, 0.1) is 11.0 Å². The Hall–Kier alpha value is -1.42. The van der Waals surface area contributed by atoms with Crippen LogP contribution in [0.15, 0.2) is 29.2 Å². The molecular weight excluding hydrogens is 262 g/mol. The fraction of sp³-hybridized carbons (Fsp3) is 0.462. The van der Waals surface area contributed by atoms with Crippen LogP contribution in [-0.2, 0) is 10.0 Å². The molecule has 0 bridgehead atoms. The molecule has 0 aliphatic rings. The van der Waals surface area contributed by atoms with Crippen molar-refractivity contribution in [3.63, 3.8) is 0 Å². The average Bonchev–Trinajstić information content (AvgIpc) is 2.43. The summed E-state index contributed by atoms with van der Waals surface area (Å²) in [4.78, 5) is 0.250. The molecule has 1 N–H and O–H groups in total. The Bertz CT molecular complexity index is 546. The van der Waals surface area contributed by atoms with E-state index in [1.807, 2.05) is 20.0 Å². The molecule has 0 radical (unpaired) electrons. The largest absolute Gasteiger partial charge is 0.313 e. The molecule has 0 saturated heterocycles. The van der Waals surface area contributed by atoms with Crippen molar-refractivity contribution in [1.82, 2.24) is 9.62 Å². The van der Waals surface area contributed by atoms with E-state index in [4.69, 9.17) is 5.26 Å². The number of sulfonamides is 1. The summed E-state index contributed by atoms with van der Waals surface area (Å²) >= 11 is 0. The molecule has 0 aliphatic heterocycles. The van der Waals surface area contributed by atoms with Crippen LogP contribution in [0.4, 0.5) is 0 Å². The van der Waals surface area contributed by atoms with Gasteiger partial charge in [-0.2, -0.15) is 9.57 Å². The summed E-state index contributed by atoms with van der Waals surface area (Å²) in [6.07, 6.45) is 0.185. The van der Waals surface area contributed by atoms with Crippen molar-refractivity contribution in [2.45, 2.75) is 24.3 Å². The Morgan fingerprint density at radius 2 is 1.95 bits per heavy atom. The van der Waals surface area contributed by atoms with Gasteiger partial charge in [-0.15, -0.1) is 0 Å².